The van der Waals surface area contributed by atoms with Crippen LogP contribution in [0.3, 0.4) is 0 Å². The Kier molecular flexibility index (Phi) is 3.21. The normalized spacial score (nSPS) is 14.3. The van der Waals surface area contributed by atoms with Gasteiger partial charge in [0.05, 0.1) is 0 Å². The lowest BCUT2D eigenvalue weighted by Gasteiger charge is -2.07. The molecule has 96 valence electrons. The van der Waals surface area contributed by atoms with E-state index in [-0.39, 0.29) is 0 Å². The molecule has 3 rings (SSSR count). The number of aromatic nitrogens is 1. The van der Waals surface area contributed by atoms with Gasteiger partial charge in [0.25, 0.3) is 0 Å². The Morgan fingerprint density at radius 1 is 1.11 bits per heavy atom. The number of aromatic amines is 1. The molecule has 1 aliphatic heterocycles. The van der Waals surface area contributed by atoms with Gasteiger partial charge in [0.2, 0.25) is 0 Å². The highest BCUT2D eigenvalue weighted by molar-refractivity contribution is 5.87. The van der Waals surface area contributed by atoms with Crippen molar-refractivity contribution in [3.63, 3.8) is 0 Å². The molecule has 1 aromatic heterocycles. The van der Waals surface area contributed by atoms with Crippen LogP contribution in [-0.4, -0.2) is 11.5 Å². The molecule has 0 saturated heterocycles. The van der Waals surface area contributed by atoms with Gasteiger partial charge >= 0.3 is 0 Å². The predicted octanol–water partition coefficient (Wildman–Crippen LogP) is 2.68. The van der Waals surface area contributed by atoms with E-state index in [1.807, 2.05) is 24.4 Å². The summed E-state index contributed by atoms with van der Waals surface area (Å²) in [5, 5.41) is 4.54. The zero-order valence-corrected chi connectivity index (χ0v) is 10.7. The molecule has 3 heteroatoms. The van der Waals surface area contributed by atoms with E-state index in [1.165, 1.54) is 16.5 Å². The van der Waals surface area contributed by atoms with Crippen LogP contribution in [0.4, 0.5) is 0 Å². The fourth-order valence-corrected chi connectivity index (χ4v) is 2.35. The highest BCUT2D eigenvalue weighted by Crippen LogP contribution is 2.23. The summed E-state index contributed by atoms with van der Waals surface area (Å²) >= 11 is 0. The lowest BCUT2D eigenvalue weighted by atomic mass is 10.1. The highest BCUT2D eigenvalue weighted by Gasteiger charge is 2.06. The first-order valence-electron chi connectivity index (χ1n) is 6.49. The summed E-state index contributed by atoms with van der Waals surface area (Å²) in [5.74, 6) is 0. The van der Waals surface area contributed by atoms with Crippen molar-refractivity contribution >= 4 is 16.6 Å². The SMILES string of the molecule is NCCc1c[nH]c2ccc(C3=CC=CC=CN3)cc12. The molecule has 0 atom stereocenters. The Hall–Kier alpha value is -2.26. The van der Waals surface area contributed by atoms with Gasteiger partial charge < -0.3 is 16.0 Å². The van der Waals surface area contributed by atoms with Crippen LogP contribution < -0.4 is 11.1 Å². The van der Waals surface area contributed by atoms with Crippen molar-refractivity contribution in [1.29, 1.82) is 0 Å². The molecule has 0 aliphatic carbocycles. The molecular weight excluding hydrogens is 234 g/mol. The Bertz CT molecular complexity index is 674. The minimum absolute atomic E-state index is 0.670. The van der Waals surface area contributed by atoms with E-state index in [2.05, 4.69) is 40.8 Å². The smallest absolute Gasteiger partial charge is 0.0457 e. The number of hydrogen-bond acceptors (Lipinski definition) is 2. The molecule has 0 unspecified atom stereocenters. The van der Waals surface area contributed by atoms with Gasteiger partial charge in [-0.15, -0.1) is 0 Å². The molecule has 0 bridgehead atoms. The van der Waals surface area contributed by atoms with Gasteiger partial charge in [0.1, 0.15) is 0 Å². The number of rotatable bonds is 3. The maximum Gasteiger partial charge on any atom is 0.0457 e. The summed E-state index contributed by atoms with van der Waals surface area (Å²) in [7, 11) is 0. The summed E-state index contributed by atoms with van der Waals surface area (Å²) in [6.07, 6.45) is 13.0. The van der Waals surface area contributed by atoms with Crippen molar-refractivity contribution in [2.24, 2.45) is 5.73 Å². The quantitative estimate of drug-likeness (QED) is 0.785. The van der Waals surface area contributed by atoms with Crippen LogP contribution in [0, 0.1) is 0 Å². The summed E-state index contributed by atoms with van der Waals surface area (Å²) in [6, 6.07) is 6.45. The van der Waals surface area contributed by atoms with Crippen LogP contribution in [0.15, 0.2) is 54.9 Å². The first-order chi connectivity index (χ1) is 9.38. The van der Waals surface area contributed by atoms with Crippen LogP contribution in [0.1, 0.15) is 11.1 Å². The van der Waals surface area contributed by atoms with Gasteiger partial charge in [-0.1, -0.05) is 18.2 Å². The van der Waals surface area contributed by atoms with E-state index in [9.17, 15) is 0 Å². The third kappa shape index (κ3) is 2.33. The fraction of sp³-hybridized carbons (Fsp3) is 0.125. The van der Waals surface area contributed by atoms with Gasteiger partial charge in [0, 0.05) is 29.0 Å². The van der Waals surface area contributed by atoms with E-state index in [1.54, 1.807) is 0 Å². The van der Waals surface area contributed by atoms with Gasteiger partial charge in [-0.2, -0.15) is 0 Å². The second-order valence-electron chi connectivity index (χ2n) is 4.58. The fourth-order valence-electron chi connectivity index (χ4n) is 2.35. The molecule has 4 N–H and O–H groups in total. The van der Waals surface area contributed by atoms with Crippen molar-refractivity contribution < 1.29 is 0 Å². The third-order valence-electron chi connectivity index (χ3n) is 3.31. The second kappa shape index (κ2) is 5.16. The maximum absolute atomic E-state index is 5.66. The van der Waals surface area contributed by atoms with Gasteiger partial charge in [0.15, 0.2) is 0 Å². The molecular formula is C16H17N3. The number of hydrogen-bond donors (Lipinski definition) is 3. The topological polar surface area (TPSA) is 53.8 Å². The van der Waals surface area contributed by atoms with Crippen molar-refractivity contribution in [2.45, 2.75) is 6.42 Å². The lowest BCUT2D eigenvalue weighted by molar-refractivity contribution is 0.976. The van der Waals surface area contributed by atoms with Crippen molar-refractivity contribution in [3.05, 3.63) is 66.0 Å². The van der Waals surface area contributed by atoms with Crippen LogP contribution in [-0.2, 0) is 6.42 Å². The number of fused-ring (bicyclic) bond motifs is 1. The molecule has 0 amide bonds. The first kappa shape index (κ1) is 11.8. The van der Waals surface area contributed by atoms with Gasteiger partial charge in [-0.05, 0) is 48.4 Å². The van der Waals surface area contributed by atoms with Crippen LogP contribution >= 0.6 is 0 Å². The highest BCUT2D eigenvalue weighted by atomic mass is 14.8. The summed E-state index contributed by atoms with van der Waals surface area (Å²) in [4.78, 5) is 3.29. The Balaban J connectivity index is 2.05. The van der Waals surface area contributed by atoms with Crippen LogP contribution in [0.5, 0.6) is 0 Å². The van der Waals surface area contributed by atoms with E-state index in [4.69, 9.17) is 5.73 Å². The Labute approximate surface area is 112 Å². The largest absolute Gasteiger partial charge is 0.361 e. The van der Waals surface area contributed by atoms with Crippen molar-refractivity contribution in [3.8, 4) is 0 Å². The summed E-state index contributed by atoms with van der Waals surface area (Å²) in [5.41, 5.74) is 10.4. The minimum atomic E-state index is 0.670. The number of allylic oxidation sites excluding steroid dienone is 4. The van der Waals surface area contributed by atoms with E-state index in [0.717, 1.165) is 17.6 Å². The maximum atomic E-state index is 5.66. The summed E-state index contributed by atoms with van der Waals surface area (Å²) in [6.45, 7) is 0.670. The molecule has 0 spiro atoms. The second-order valence-corrected chi connectivity index (χ2v) is 4.58. The van der Waals surface area contributed by atoms with E-state index in [0.29, 0.717) is 6.54 Å². The average molecular weight is 251 g/mol. The lowest BCUT2D eigenvalue weighted by Crippen LogP contribution is -2.03. The number of benzene rings is 1. The average Bonchev–Trinajstić information content (AvgIpc) is 2.66. The Morgan fingerprint density at radius 2 is 2.05 bits per heavy atom. The van der Waals surface area contributed by atoms with Crippen molar-refractivity contribution in [2.75, 3.05) is 6.54 Å². The van der Waals surface area contributed by atoms with E-state index < -0.39 is 0 Å². The van der Waals surface area contributed by atoms with Crippen LogP contribution in [0.25, 0.3) is 16.6 Å². The van der Waals surface area contributed by atoms with Gasteiger partial charge in [-0.3, -0.25) is 0 Å². The zero-order valence-electron chi connectivity index (χ0n) is 10.7. The molecule has 1 aliphatic rings. The zero-order chi connectivity index (χ0) is 13.1. The summed E-state index contributed by atoms with van der Waals surface area (Å²) < 4.78 is 0. The number of nitrogens with two attached hydrogens (primary N) is 1. The molecule has 3 nitrogen and oxygen atoms in total. The molecule has 1 aromatic carbocycles. The van der Waals surface area contributed by atoms with Crippen molar-refractivity contribution in [1.82, 2.24) is 10.3 Å². The molecule has 2 heterocycles. The molecule has 2 aromatic rings. The van der Waals surface area contributed by atoms with Gasteiger partial charge in [-0.25, -0.2) is 0 Å². The minimum Gasteiger partial charge on any atom is -0.361 e. The third-order valence-corrected chi connectivity index (χ3v) is 3.31. The predicted molar refractivity (Wildman–Crippen MR) is 80.4 cm³/mol. The molecule has 0 fully saturated rings. The number of H-pyrrole nitrogens is 1. The molecule has 0 saturated carbocycles. The molecule has 19 heavy (non-hydrogen) atoms. The van der Waals surface area contributed by atoms with E-state index >= 15 is 0 Å². The monoisotopic (exact) mass is 251 g/mol. The standard InChI is InChI=1S/C16H17N3/c17-8-7-13-11-19-16-6-5-12(10-14(13)16)15-4-2-1-3-9-18-15/h1-6,9-11,18-19H,7-8,17H2. The first-order valence-corrected chi connectivity index (χ1v) is 6.49. The Morgan fingerprint density at radius 3 is 2.95 bits per heavy atom. The molecule has 0 radical (unpaired) electrons. The van der Waals surface area contributed by atoms with Crippen LogP contribution in [0.2, 0.25) is 0 Å². The number of nitrogens with one attached hydrogen (secondary N) is 2.